The second-order valence-corrected chi connectivity index (χ2v) is 3.84. The molecule has 0 aliphatic heterocycles. The van der Waals surface area contributed by atoms with Gasteiger partial charge in [-0.15, -0.1) is 0 Å². The van der Waals surface area contributed by atoms with Gasteiger partial charge in [-0.2, -0.15) is 0 Å². The second-order valence-electron chi connectivity index (χ2n) is 2.41. The Labute approximate surface area is 64.6 Å². The third kappa shape index (κ3) is 6.69. The highest BCUT2D eigenvalue weighted by Crippen LogP contribution is 2.10. The molecule has 0 saturated heterocycles. The van der Waals surface area contributed by atoms with Crippen LogP contribution in [-0.4, -0.2) is 9.22 Å². The average molecular weight is 228 g/mol. The van der Waals surface area contributed by atoms with Gasteiger partial charge in [0.15, 0.2) is 0 Å². The predicted molar refractivity (Wildman–Crippen MR) is 44.1 cm³/mol. The van der Waals surface area contributed by atoms with Gasteiger partial charge in [0.25, 0.3) is 0 Å². The number of rotatable bonds is 3. The minimum atomic E-state index is -0.144. The highest BCUT2D eigenvalue weighted by Gasteiger charge is 1.98. The summed E-state index contributed by atoms with van der Waals surface area (Å²) in [4.78, 5) is 0. The average Bonchev–Trinajstić information content (AvgIpc) is 1.61. The van der Waals surface area contributed by atoms with Crippen molar-refractivity contribution in [3.05, 3.63) is 0 Å². The third-order valence-electron chi connectivity index (χ3n) is 0.982. The molecule has 0 rings (SSSR count). The van der Waals surface area contributed by atoms with Crippen LogP contribution in [0.25, 0.3) is 0 Å². The first-order valence-electron chi connectivity index (χ1n) is 2.95. The van der Waals surface area contributed by atoms with E-state index < -0.39 is 0 Å². The van der Waals surface area contributed by atoms with Gasteiger partial charge in [0, 0.05) is 0 Å². The van der Waals surface area contributed by atoms with Crippen molar-refractivity contribution >= 4 is 22.6 Å². The van der Waals surface area contributed by atoms with Crippen LogP contribution in [0.4, 0.5) is 0 Å². The number of hydrogen-bond acceptors (Lipinski definition) is 1. The summed E-state index contributed by atoms with van der Waals surface area (Å²) < 4.78 is -0.144. The SMILES string of the molecule is CC(C)CCC(O)I. The molecule has 0 bridgehead atoms. The Morgan fingerprint density at radius 3 is 2.00 bits per heavy atom. The molecule has 0 aliphatic rings. The molecule has 1 atom stereocenters. The summed E-state index contributed by atoms with van der Waals surface area (Å²) in [7, 11) is 0. The van der Waals surface area contributed by atoms with E-state index in [-0.39, 0.29) is 4.11 Å². The lowest BCUT2D eigenvalue weighted by Crippen LogP contribution is -1.97. The van der Waals surface area contributed by atoms with Crippen molar-refractivity contribution < 1.29 is 5.11 Å². The number of halogens is 1. The van der Waals surface area contributed by atoms with Crippen LogP contribution in [-0.2, 0) is 0 Å². The van der Waals surface area contributed by atoms with Crippen molar-refractivity contribution in [1.82, 2.24) is 0 Å². The fourth-order valence-electron chi connectivity index (χ4n) is 0.471. The van der Waals surface area contributed by atoms with Gasteiger partial charge in [0.1, 0.15) is 4.11 Å². The van der Waals surface area contributed by atoms with Gasteiger partial charge >= 0.3 is 0 Å². The fourth-order valence-corrected chi connectivity index (χ4v) is 0.830. The number of alkyl halides is 1. The first-order chi connectivity index (χ1) is 3.63. The molecule has 1 nitrogen and oxygen atoms in total. The Kier molecular flexibility index (Phi) is 4.95. The second kappa shape index (κ2) is 4.56. The quantitative estimate of drug-likeness (QED) is 0.579. The summed E-state index contributed by atoms with van der Waals surface area (Å²) in [6.45, 7) is 4.33. The van der Waals surface area contributed by atoms with Crippen molar-refractivity contribution in [1.29, 1.82) is 0 Å². The highest BCUT2D eigenvalue weighted by molar-refractivity contribution is 14.1. The zero-order valence-corrected chi connectivity index (χ0v) is 7.55. The molecule has 0 aromatic heterocycles. The lowest BCUT2D eigenvalue weighted by molar-refractivity contribution is 0.257. The molecule has 1 N–H and O–H groups in total. The van der Waals surface area contributed by atoms with Crippen LogP contribution in [0.1, 0.15) is 26.7 Å². The van der Waals surface area contributed by atoms with E-state index in [0.717, 1.165) is 18.8 Å². The lowest BCUT2D eigenvalue weighted by Gasteiger charge is -2.03. The van der Waals surface area contributed by atoms with Gasteiger partial charge in [-0.25, -0.2) is 0 Å². The van der Waals surface area contributed by atoms with Crippen LogP contribution in [0, 0.1) is 5.92 Å². The van der Waals surface area contributed by atoms with E-state index in [2.05, 4.69) is 13.8 Å². The summed E-state index contributed by atoms with van der Waals surface area (Å²) in [5, 5.41) is 8.79. The summed E-state index contributed by atoms with van der Waals surface area (Å²) in [5.74, 6) is 0.722. The molecule has 2 heteroatoms. The van der Waals surface area contributed by atoms with Crippen molar-refractivity contribution in [2.45, 2.75) is 30.8 Å². The van der Waals surface area contributed by atoms with Crippen LogP contribution in [0.5, 0.6) is 0 Å². The van der Waals surface area contributed by atoms with Crippen LogP contribution < -0.4 is 0 Å². The van der Waals surface area contributed by atoms with E-state index in [4.69, 9.17) is 5.11 Å². The summed E-state index contributed by atoms with van der Waals surface area (Å²) in [5.41, 5.74) is 0. The smallest absolute Gasteiger partial charge is 0.105 e. The molecule has 50 valence electrons. The largest absolute Gasteiger partial charge is 0.383 e. The standard InChI is InChI=1S/C6H13IO/c1-5(2)3-4-6(7)8/h5-6,8H,3-4H2,1-2H3. The summed E-state index contributed by atoms with van der Waals surface area (Å²) >= 11 is 2.03. The number of hydrogen-bond donors (Lipinski definition) is 1. The van der Waals surface area contributed by atoms with E-state index in [0.29, 0.717) is 0 Å². The van der Waals surface area contributed by atoms with Crippen molar-refractivity contribution in [3.8, 4) is 0 Å². The number of aliphatic hydroxyl groups excluding tert-OH is 1. The van der Waals surface area contributed by atoms with Gasteiger partial charge in [0.2, 0.25) is 0 Å². The molecule has 0 saturated carbocycles. The molecule has 0 radical (unpaired) electrons. The van der Waals surface area contributed by atoms with Gasteiger partial charge in [0.05, 0.1) is 0 Å². The summed E-state index contributed by atoms with van der Waals surface area (Å²) in [6, 6.07) is 0. The monoisotopic (exact) mass is 228 g/mol. The minimum Gasteiger partial charge on any atom is -0.383 e. The Bertz CT molecular complexity index is 44.5. The van der Waals surface area contributed by atoms with E-state index in [1.165, 1.54) is 0 Å². The van der Waals surface area contributed by atoms with Crippen molar-refractivity contribution in [2.75, 3.05) is 0 Å². The zero-order chi connectivity index (χ0) is 6.57. The summed E-state index contributed by atoms with van der Waals surface area (Å²) in [6.07, 6.45) is 2.06. The molecular formula is C6H13IO. The molecule has 8 heavy (non-hydrogen) atoms. The maximum Gasteiger partial charge on any atom is 0.105 e. The molecule has 0 amide bonds. The van der Waals surface area contributed by atoms with E-state index >= 15 is 0 Å². The molecule has 0 fully saturated rings. The third-order valence-corrected chi connectivity index (χ3v) is 1.61. The topological polar surface area (TPSA) is 20.2 Å². The van der Waals surface area contributed by atoms with Crippen molar-refractivity contribution in [3.63, 3.8) is 0 Å². The fraction of sp³-hybridized carbons (Fsp3) is 1.00. The first-order valence-corrected chi connectivity index (χ1v) is 4.19. The number of aliphatic hydroxyl groups is 1. The van der Waals surface area contributed by atoms with Gasteiger partial charge in [-0.05, 0) is 18.8 Å². The molecule has 0 spiro atoms. The Morgan fingerprint density at radius 1 is 1.38 bits per heavy atom. The van der Waals surface area contributed by atoms with Crippen molar-refractivity contribution in [2.24, 2.45) is 5.92 Å². The first kappa shape index (κ1) is 8.69. The van der Waals surface area contributed by atoms with Gasteiger partial charge < -0.3 is 5.11 Å². The maximum atomic E-state index is 8.79. The minimum absolute atomic E-state index is 0.144. The van der Waals surface area contributed by atoms with Gasteiger partial charge in [-0.3, -0.25) is 0 Å². The van der Waals surface area contributed by atoms with E-state index in [1.807, 2.05) is 22.6 Å². The molecule has 0 heterocycles. The van der Waals surface area contributed by atoms with Crippen LogP contribution in [0.3, 0.4) is 0 Å². The van der Waals surface area contributed by atoms with Crippen LogP contribution >= 0.6 is 22.6 Å². The van der Waals surface area contributed by atoms with E-state index in [9.17, 15) is 0 Å². The van der Waals surface area contributed by atoms with Crippen LogP contribution in [0.2, 0.25) is 0 Å². The Morgan fingerprint density at radius 2 is 1.88 bits per heavy atom. The highest BCUT2D eigenvalue weighted by atomic mass is 127. The van der Waals surface area contributed by atoms with E-state index in [1.54, 1.807) is 0 Å². The van der Waals surface area contributed by atoms with Crippen LogP contribution in [0.15, 0.2) is 0 Å². The Balaban J connectivity index is 2.93. The normalized spacial score (nSPS) is 14.6. The predicted octanol–water partition coefficient (Wildman–Crippen LogP) is 2.18. The molecule has 0 aromatic carbocycles. The molecule has 0 aliphatic carbocycles. The van der Waals surface area contributed by atoms with Gasteiger partial charge in [-0.1, -0.05) is 36.4 Å². The molecular weight excluding hydrogens is 215 g/mol. The molecule has 0 aromatic rings. The maximum absolute atomic E-state index is 8.79. The lowest BCUT2D eigenvalue weighted by atomic mass is 10.1. The zero-order valence-electron chi connectivity index (χ0n) is 5.39. The molecule has 1 unspecified atom stereocenters. The Hall–Kier alpha value is 0.690.